The zero-order chi connectivity index (χ0) is 26.0. The molecule has 0 saturated heterocycles. The van der Waals surface area contributed by atoms with E-state index >= 15 is 0 Å². The maximum Gasteiger partial charge on any atom is 0.345 e. The number of benzene rings is 2. The average Bonchev–Trinajstić information content (AvgIpc) is 2.87. The third-order valence-electron chi connectivity index (χ3n) is 5.54. The Hall–Kier alpha value is -3.19. The fourth-order valence-electron chi connectivity index (χ4n) is 3.49. The summed E-state index contributed by atoms with van der Waals surface area (Å²) in [4.78, 5) is 36.0. The van der Waals surface area contributed by atoms with Gasteiger partial charge in [-0.25, -0.2) is 10.2 Å². The summed E-state index contributed by atoms with van der Waals surface area (Å²) in [6, 6.07) is 13.3. The largest absolute Gasteiger partial charge is 0.423 e. The molecule has 7 nitrogen and oxygen atoms in total. The lowest BCUT2D eigenvalue weighted by atomic mass is 10.1. The van der Waals surface area contributed by atoms with Gasteiger partial charge in [-0.1, -0.05) is 82.0 Å². The van der Waals surface area contributed by atoms with E-state index in [4.69, 9.17) is 16.3 Å². The van der Waals surface area contributed by atoms with Crippen LogP contribution in [0.25, 0.3) is 0 Å². The zero-order valence-electron chi connectivity index (χ0n) is 20.9. The fraction of sp³-hybridized carbons (Fsp3) is 0.429. The number of halogens is 1. The number of esters is 1. The number of amides is 2. The van der Waals surface area contributed by atoms with Crippen molar-refractivity contribution in [2.45, 2.75) is 71.1 Å². The van der Waals surface area contributed by atoms with Gasteiger partial charge in [0.25, 0.3) is 5.91 Å². The molecule has 0 atom stereocenters. The molecule has 0 aliphatic carbocycles. The summed E-state index contributed by atoms with van der Waals surface area (Å²) in [5.41, 5.74) is 3.36. The van der Waals surface area contributed by atoms with Crippen molar-refractivity contribution >= 4 is 35.6 Å². The summed E-state index contributed by atoms with van der Waals surface area (Å²) in [5.74, 6) is -0.721. The van der Waals surface area contributed by atoms with Gasteiger partial charge < -0.3 is 10.1 Å². The second-order valence-electron chi connectivity index (χ2n) is 8.59. The molecule has 0 aliphatic heterocycles. The number of carbonyl (C=O) groups is 3. The number of hydrazone groups is 1. The molecule has 0 fully saturated rings. The SMILES string of the molecule is CCCCCCCCCCCC(=O)NCC(=O)N/N=C\c1ccc(OC(=O)c2ccccc2Cl)cc1. The first-order valence-corrected chi connectivity index (χ1v) is 13.0. The van der Waals surface area contributed by atoms with E-state index < -0.39 is 11.9 Å². The van der Waals surface area contributed by atoms with Gasteiger partial charge in [0.2, 0.25) is 5.91 Å². The van der Waals surface area contributed by atoms with Gasteiger partial charge in [-0.3, -0.25) is 9.59 Å². The Labute approximate surface area is 218 Å². The highest BCUT2D eigenvalue weighted by Crippen LogP contribution is 2.19. The molecular formula is C28H36ClN3O4. The zero-order valence-corrected chi connectivity index (χ0v) is 21.7. The van der Waals surface area contributed by atoms with Gasteiger partial charge in [-0.05, 0) is 48.4 Å². The lowest BCUT2D eigenvalue weighted by molar-refractivity contribution is -0.126. The van der Waals surface area contributed by atoms with Crippen molar-refractivity contribution in [2.75, 3.05) is 6.54 Å². The van der Waals surface area contributed by atoms with Crippen molar-refractivity contribution in [3.63, 3.8) is 0 Å². The van der Waals surface area contributed by atoms with Gasteiger partial charge in [0, 0.05) is 6.42 Å². The van der Waals surface area contributed by atoms with Crippen LogP contribution in [0, 0.1) is 0 Å². The first-order chi connectivity index (χ1) is 17.5. The van der Waals surface area contributed by atoms with Gasteiger partial charge in [0.05, 0.1) is 23.3 Å². The minimum Gasteiger partial charge on any atom is -0.423 e. The highest BCUT2D eigenvalue weighted by Gasteiger charge is 2.12. The molecule has 36 heavy (non-hydrogen) atoms. The van der Waals surface area contributed by atoms with Crippen molar-refractivity contribution in [3.05, 3.63) is 64.7 Å². The second kappa shape index (κ2) is 17.3. The molecule has 0 saturated carbocycles. The summed E-state index contributed by atoms with van der Waals surface area (Å²) in [7, 11) is 0. The van der Waals surface area contributed by atoms with Crippen molar-refractivity contribution in [2.24, 2.45) is 5.10 Å². The number of nitrogens with zero attached hydrogens (tertiary/aromatic N) is 1. The molecule has 0 unspecified atom stereocenters. The third kappa shape index (κ3) is 12.0. The number of hydrogen-bond acceptors (Lipinski definition) is 5. The minimum atomic E-state index is -0.547. The summed E-state index contributed by atoms with van der Waals surface area (Å²) in [5, 5.41) is 6.83. The van der Waals surface area contributed by atoms with Crippen LogP contribution in [0.5, 0.6) is 5.75 Å². The van der Waals surface area contributed by atoms with Gasteiger partial charge in [-0.2, -0.15) is 5.10 Å². The van der Waals surface area contributed by atoms with E-state index in [-0.39, 0.29) is 18.0 Å². The summed E-state index contributed by atoms with van der Waals surface area (Å²) < 4.78 is 5.32. The predicted molar refractivity (Wildman–Crippen MR) is 143 cm³/mol. The normalized spacial score (nSPS) is 10.8. The Morgan fingerprint density at radius 2 is 1.50 bits per heavy atom. The highest BCUT2D eigenvalue weighted by atomic mass is 35.5. The van der Waals surface area contributed by atoms with E-state index in [1.807, 2.05) is 0 Å². The van der Waals surface area contributed by atoms with E-state index in [1.54, 1.807) is 48.5 Å². The monoisotopic (exact) mass is 513 g/mol. The van der Waals surface area contributed by atoms with Crippen LogP contribution in [0.3, 0.4) is 0 Å². The average molecular weight is 514 g/mol. The van der Waals surface area contributed by atoms with Crippen LogP contribution in [0.1, 0.15) is 87.1 Å². The number of hydrogen-bond donors (Lipinski definition) is 2. The van der Waals surface area contributed by atoms with E-state index in [9.17, 15) is 14.4 Å². The molecule has 0 bridgehead atoms. The molecule has 2 N–H and O–H groups in total. The van der Waals surface area contributed by atoms with Crippen LogP contribution in [-0.4, -0.2) is 30.5 Å². The quantitative estimate of drug-likeness (QED) is 0.0938. The van der Waals surface area contributed by atoms with Crippen LogP contribution in [0.4, 0.5) is 0 Å². The molecule has 0 aliphatic rings. The van der Waals surface area contributed by atoms with Gasteiger partial charge in [-0.15, -0.1) is 0 Å². The predicted octanol–water partition coefficient (Wildman–Crippen LogP) is 6.05. The standard InChI is InChI=1S/C28H36ClN3O4/c1-2-3-4-5-6-7-8-9-10-15-26(33)30-21-27(34)32-31-20-22-16-18-23(19-17-22)36-28(35)24-13-11-12-14-25(24)29/h11-14,16-20H,2-10,15,21H2,1H3,(H,30,33)(H,32,34)/b31-20-. The lowest BCUT2D eigenvalue weighted by Crippen LogP contribution is -2.34. The summed E-state index contributed by atoms with van der Waals surface area (Å²) in [6.45, 7) is 2.10. The minimum absolute atomic E-state index is 0.120. The Morgan fingerprint density at radius 1 is 0.861 bits per heavy atom. The number of nitrogens with one attached hydrogen (secondary N) is 2. The van der Waals surface area contributed by atoms with Crippen LogP contribution in [-0.2, 0) is 9.59 Å². The molecule has 2 rings (SSSR count). The first kappa shape index (κ1) is 29.0. The summed E-state index contributed by atoms with van der Waals surface area (Å²) in [6.07, 6.45) is 12.6. The Balaban J connectivity index is 1.59. The fourth-order valence-corrected chi connectivity index (χ4v) is 3.71. The van der Waals surface area contributed by atoms with Crippen molar-refractivity contribution < 1.29 is 19.1 Å². The van der Waals surface area contributed by atoms with Crippen LogP contribution >= 0.6 is 11.6 Å². The summed E-state index contributed by atoms with van der Waals surface area (Å²) >= 11 is 6.01. The first-order valence-electron chi connectivity index (χ1n) is 12.6. The van der Waals surface area contributed by atoms with Gasteiger partial charge in [0.1, 0.15) is 5.75 Å². The molecule has 2 aromatic carbocycles. The van der Waals surface area contributed by atoms with E-state index in [1.165, 1.54) is 44.7 Å². The Morgan fingerprint density at radius 3 is 2.17 bits per heavy atom. The van der Waals surface area contributed by atoms with E-state index in [0.717, 1.165) is 19.3 Å². The molecule has 8 heteroatoms. The Kier molecular flexibility index (Phi) is 13.9. The molecule has 0 heterocycles. The van der Waals surface area contributed by atoms with Crippen molar-refractivity contribution in [3.8, 4) is 5.75 Å². The van der Waals surface area contributed by atoms with E-state index in [0.29, 0.717) is 22.8 Å². The molecular weight excluding hydrogens is 478 g/mol. The second-order valence-corrected chi connectivity index (χ2v) is 8.99. The van der Waals surface area contributed by atoms with Gasteiger partial charge >= 0.3 is 5.97 Å². The number of unbranched alkanes of at least 4 members (excludes halogenated alkanes) is 8. The van der Waals surface area contributed by atoms with Crippen molar-refractivity contribution in [1.82, 2.24) is 10.7 Å². The van der Waals surface area contributed by atoms with Crippen LogP contribution < -0.4 is 15.5 Å². The molecule has 2 aromatic rings. The number of ether oxygens (including phenoxy) is 1. The maximum atomic E-state index is 12.2. The molecule has 0 radical (unpaired) electrons. The van der Waals surface area contributed by atoms with Crippen LogP contribution in [0.15, 0.2) is 53.6 Å². The maximum absolute atomic E-state index is 12.2. The van der Waals surface area contributed by atoms with E-state index in [2.05, 4.69) is 22.8 Å². The Bertz CT molecular complexity index is 993. The van der Waals surface area contributed by atoms with Gasteiger partial charge in [0.15, 0.2) is 0 Å². The lowest BCUT2D eigenvalue weighted by Gasteiger charge is -2.06. The molecule has 194 valence electrons. The molecule has 2 amide bonds. The van der Waals surface area contributed by atoms with Crippen LogP contribution in [0.2, 0.25) is 5.02 Å². The third-order valence-corrected chi connectivity index (χ3v) is 5.87. The number of rotatable bonds is 16. The highest BCUT2D eigenvalue weighted by molar-refractivity contribution is 6.33. The number of carbonyl (C=O) groups excluding carboxylic acids is 3. The molecule has 0 spiro atoms. The smallest absolute Gasteiger partial charge is 0.345 e. The molecule has 0 aromatic heterocycles. The topological polar surface area (TPSA) is 96.9 Å². The van der Waals surface area contributed by atoms with Crippen molar-refractivity contribution in [1.29, 1.82) is 0 Å².